The molecule has 3 fully saturated rings. The van der Waals surface area contributed by atoms with Crippen molar-refractivity contribution in [3.63, 3.8) is 0 Å². The third-order valence-corrected chi connectivity index (χ3v) is 11.5. The topological polar surface area (TPSA) is 175 Å². The fourth-order valence-electron chi connectivity index (χ4n) is 7.64. The van der Waals surface area contributed by atoms with Crippen LogP contribution in [0, 0.1) is 40.4 Å². The number of likely N-dealkylation sites (tertiary alicyclic amines) is 1. The predicted octanol–water partition coefficient (Wildman–Crippen LogP) is 0.419. The van der Waals surface area contributed by atoms with Gasteiger partial charge in [-0.3, -0.25) is 19.2 Å². The van der Waals surface area contributed by atoms with E-state index in [-0.39, 0.29) is 42.5 Å². The number of fused-ring (bicyclic) bond motifs is 2. The molecular weight excluding hydrogens is 660 g/mol. The van der Waals surface area contributed by atoms with Crippen LogP contribution < -0.4 is 26.2 Å². The molecule has 2 saturated carbocycles. The maximum atomic E-state index is 14.6. The van der Waals surface area contributed by atoms with Crippen molar-refractivity contribution in [2.45, 2.75) is 104 Å². The second-order valence-electron chi connectivity index (χ2n) is 16.8. The number of carbonyl (C=O) groups is 5. The molecule has 3 aliphatic rings. The monoisotopic (exact) mass is 719 g/mol. The van der Waals surface area contributed by atoms with Crippen LogP contribution in [0.15, 0.2) is 12.7 Å². The summed E-state index contributed by atoms with van der Waals surface area (Å²) in [6.45, 7) is 15.7. The number of likely N-dealkylation sites (N-methyl/N-ethyl adjacent to an activating group) is 1. The third-order valence-electron chi connectivity index (χ3n) is 10.5. The van der Waals surface area contributed by atoms with Crippen LogP contribution in [0.3, 0.4) is 0 Å². The normalized spacial score (nSPS) is 23.4. The highest BCUT2D eigenvalue weighted by atomic mass is 32.2. The molecule has 7 atom stereocenters. The molecule has 3 unspecified atom stereocenters. The zero-order chi connectivity index (χ0) is 37.8. The zero-order valence-electron chi connectivity index (χ0n) is 31.1. The van der Waals surface area contributed by atoms with Crippen LogP contribution in [-0.2, 0) is 29.0 Å². The van der Waals surface area contributed by atoms with Gasteiger partial charge >= 0.3 is 6.03 Å². The van der Waals surface area contributed by atoms with Crippen molar-refractivity contribution in [3.05, 3.63) is 12.7 Å². The highest BCUT2D eigenvalue weighted by molar-refractivity contribution is 7.90. The number of terminal acetylenes is 1. The van der Waals surface area contributed by atoms with Gasteiger partial charge in [-0.25, -0.2) is 13.2 Å². The number of hydrogen-bond acceptors (Lipinski definition) is 7. The SMILES string of the molecule is C#CCCC(NC(=O)C1[C@H]2CCC3(CC3)[C@H]2CN1C(=O)[C@@H](NC(=O)N[C@H](C[NH+](C)CS(C)(=O)=O)C(C)(C)C)C(C)(C)C)C(=O)C(=O)NCC=C. The summed E-state index contributed by atoms with van der Waals surface area (Å²) in [6, 6.07) is -4.09. The first-order valence-corrected chi connectivity index (χ1v) is 19.6. The van der Waals surface area contributed by atoms with Gasteiger partial charge in [-0.05, 0) is 60.2 Å². The molecule has 5 amide bonds. The van der Waals surface area contributed by atoms with Crippen LogP contribution in [0.4, 0.5) is 4.79 Å². The number of Topliss-reactive ketones (excluding diaryl/α,β-unsaturated/α-hetero) is 1. The highest BCUT2D eigenvalue weighted by Crippen LogP contribution is 2.66. The number of hydrogen-bond donors (Lipinski definition) is 5. The summed E-state index contributed by atoms with van der Waals surface area (Å²) in [5.41, 5.74) is -1.10. The average Bonchev–Trinajstić information content (AvgIpc) is 3.56. The number of sulfone groups is 1. The minimum absolute atomic E-state index is 0.0592. The lowest BCUT2D eigenvalue weighted by atomic mass is 9.85. The van der Waals surface area contributed by atoms with Crippen LogP contribution in [0.1, 0.15) is 80.1 Å². The minimum atomic E-state index is -3.25. The summed E-state index contributed by atoms with van der Waals surface area (Å²) in [7, 11) is -1.50. The second-order valence-corrected chi connectivity index (χ2v) is 19.0. The molecule has 1 spiro atoms. The van der Waals surface area contributed by atoms with Gasteiger partial charge in [-0.15, -0.1) is 18.9 Å². The van der Waals surface area contributed by atoms with Gasteiger partial charge in [-0.2, -0.15) is 0 Å². The first-order valence-electron chi connectivity index (χ1n) is 17.6. The Bertz CT molecular complexity index is 1470. The van der Waals surface area contributed by atoms with E-state index in [9.17, 15) is 32.4 Å². The van der Waals surface area contributed by atoms with E-state index in [4.69, 9.17) is 6.42 Å². The van der Waals surface area contributed by atoms with E-state index in [1.54, 1.807) is 11.9 Å². The van der Waals surface area contributed by atoms with Gasteiger partial charge in [0, 0.05) is 25.8 Å². The number of amides is 5. The van der Waals surface area contributed by atoms with Gasteiger partial charge in [-0.1, -0.05) is 47.6 Å². The molecule has 280 valence electrons. The number of carbonyl (C=O) groups excluding carboxylic acids is 5. The lowest BCUT2D eigenvalue weighted by Gasteiger charge is -2.38. The second kappa shape index (κ2) is 15.8. The van der Waals surface area contributed by atoms with Crippen molar-refractivity contribution in [3.8, 4) is 12.3 Å². The number of rotatable bonds is 15. The maximum Gasteiger partial charge on any atom is 0.315 e. The maximum absolute atomic E-state index is 14.6. The molecule has 0 aromatic heterocycles. The first-order chi connectivity index (χ1) is 23.0. The van der Waals surface area contributed by atoms with Crippen molar-refractivity contribution in [2.75, 3.05) is 38.8 Å². The fourth-order valence-corrected chi connectivity index (χ4v) is 8.65. The number of nitrogens with one attached hydrogen (secondary N) is 5. The van der Waals surface area contributed by atoms with Crippen LogP contribution in [0.5, 0.6) is 0 Å². The summed E-state index contributed by atoms with van der Waals surface area (Å²) >= 11 is 0. The molecule has 1 aliphatic heterocycles. The van der Waals surface area contributed by atoms with Crippen LogP contribution in [0.2, 0.25) is 0 Å². The molecule has 0 aromatic carbocycles. The third kappa shape index (κ3) is 10.3. The van der Waals surface area contributed by atoms with Crippen LogP contribution in [0.25, 0.3) is 0 Å². The van der Waals surface area contributed by atoms with Gasteiger partial charge in [0.15, 0.2) is 15.7 Å². The van der Waals surface area contributed by atoms with Crippen LogP contribution >= 0.6 is 0 Å². The Morgan fingerprint density at radius 3 is 2.20 bits per heavy atom. The Hall–Kier alpha value is -3.44. The van der Waals surface area contributed by atoms with Gasteiger partial charge in [0.1, 0.15) is 12.1 Å². The molecule has 0 bridgehead atoms. The molecule has 0 aromatic rings. The van der Waals surface area contributed by atoms with E-state index < -0.39 is 74.4 Å². The summed E-state index contributed by atoms with van der Waals surface area (Å²) in [5, 5.41) is 11.1. The molecule has 50 heavy (non-hydrogen) atoms. The van der Waals surface area contributed by atoms with Crippen molar-refractivity contribution in [1.82, 2.24) is 26.2 Å². The van der Waals surface area contributed by atoms with Crippen molar-refractivity contribution < 1.29 is 37.3 Å². The smallest absolute Gasteiger partial charge is 0.315 e. The highest BCUT2D eigenvalue weighted by Gasteiger charge is 2.64. The van der Waals surface area contributed by atoms with Gasteiger partial charge in [0.2, 0.25) is 17.6 Å². The number of ketones is 1. The number of urea groups is 1. The molecule has 1 heterocycles. The summed E-state index contributed by atoms with van der Waals surface area (Å²) in [6.07, 6.45) is 12.1. The Morgan fingerprint density at radius 1 is 1.04 bits per heavy atom. The van der Waals surface area contributed by atoms with Crippen LogP contribution in [-0.4, -0.2) is 106 Å². The molecule has 14 heteroatoms. The van der Waals surface area contributed by atoms with Crippen molar-refractivity contribution >= 4 is 39.4 Å². The van der Waals surface area contributed by atoms with Gasteiger partial charge in [0.25, 0.3) is 5.91 Å². The Balaban J connectivity index is 1.88. The molecule has 2 aliphatic carbocycles. The zero-order valence-corrected chi connectivity index (χ0v) is 31.9. The van der Waals surface area contributed by atoms with E-state index in [1.807, 2.05) is 41.5 Å². The molecule has 1 saturated heterocycles. The molecule has 0 radical (unpaired) electrons. The largest absolute Gasteiger partial charge is 0.346 e. The molecule has 5 N–H and O–H groups in total. The van der Waals surface area contributed by atoms with Gasteiger partial charge < -0.3 is 31.1 Å². The Morgan fingerprint density at radius 2 is 1.68 bits per heavy atom. The lowest BCUT2D eigenvalue weighted by Crippen LogP contribution is -3.11. The lowest BCUT2D eigenvalue weighted by molar-refractivity contribution is -0.868. The minimum Gasteiger partial charge on any atom is -0.346 e. The number of quaternary nitrogens is 1. The summed E-state index contributed by atoms with van der Waals surface area (Å²) in [5.74, 6) is -0.260. The molecule has 3 rings (SSSR count). The van der Waals surface area contributed by atoms with E-state index in [2.05, 4.69) is 33.8 Å². The van der Waals surface area contributed by atoms with E-state index >= 15 is 0 Å². The fraction of sp³-hybridized carbons (Fsp3) is 0.750. The predicted molar refractivity (Wildman–Crippen MR) is 191 cm³/mol. The van der Waals surface area contributed by atoms with Crippen molar-refractivity contribution in [2.24, 2.45) is 28.1 Å². The Kier molecular flexibility index (Phi) is 13.0. The van der Waals surface area contributed by atoms with E-state index in [1.165, 1.54) is 12.3 Å². The summed E-state index contributed by atoms with van der Waals surface area (Å²) < 4.78 is 23.8. The van der Waals surface area contributed by atoms with E-state index in [0.717, 1.165) is 25.7 Å². The first kappa shape index (κ1) is 41.0. The Labute approximate surface area is 298 Å². The standard InChI is InChI=1S/C36H58N6O7S/c1-11-13-14-25(28(43)31(45)37-19-12-2)38-30(44)27-23-15-16-36(17-18-36)24(23)20-42(27)32(46)29(35(6,7)8)40-33(47)39-26(34(3,4)5)21-41(9)22-50(10,48)49/h1,12,23-27,29H,2,13-22H2,3-10H3,(H,37,45)(H,38,44)(H2,39,40,47)/p+1/t23-,24-,25?,26+,27?,29+/m0/s1. The van der Waals surface area contributed by atoms with Gasteiger partial charge in [0.05, 0.1) is 25.7 Å². The average molecular weight is 720 g/mol. The molecular formula is C36H59N6O7S+. The van der Waals surface area contributed by atoms with E-state index in [0.29, 0.717) is 18.0 Å². The number of nitrogens with zero attached hydrogens (tertiary/aromatic N) is 1. The summed E-state index contributed by atoms with van der Waals surface area (Å²) in [4.78, 5) is 70.4. The quantitative estimate of drug-likeness (QED) is 0.0927. The molecule has 13 nitrogen and oxygen atoms in total. The van der Waals surface area contributed by atoms with Crippen molar-refractivity contribution in [1.29, 1.82) is 0 Å².